The summed E-state index contributed by atoms with van der Waals surface area (Å²) < 4.78 is 0. The molecule has 0 fully saturated rings. The van der Waals surface area contributed by atoms with E-state index in [4.69, 9.17) is 15.9 Å². The molecular weight excluding hydrogens is 216 g/mol. The van der Waals surface area contributed by atoms with Crippen LogP contribution in [0.25, 0.3) is 0 Å². The molecule has 0 unspecified atom stereocenters. The van der Waals surface area contributed by atoms with Crippen LogP contribution in [0.1, 0.15) is 0 Å². The molecule has 8 heteroatoms. The highest BCUT2D eigenvalue weighted by molar-refractivity contribution is 5.57. The predicted octanol–water partition coefficient (Wildman–Crippen LogP) is -0.663. The monoisotopic (exact) mass is 228 g/mol. The van der Waals surface area contributed by atoms with Crippen LogP contribution >= 0.6 is 0 Å². The third-order valence-corrected chi connectivity index (χ3v) is 1.89. The fraction of sp³-hybridized carbons (Fsp3) is 0.375. The molecule has 0 saturated heterocycles. The Morgan fingerprint density at radius 1 is 1.50 bits per heavy atom. The van der Waals surface area contributed by atoms with E-state index < -0.39 is 11.0 Å². The maximum Gasteiger partial charge on any atom is 0.311 e. The smallest absolute Gasteiger partial charge is 0.311 e. The summed E-state index contributed by atoms with van der Waals surface area (Å²) in [6, 6.07) is 1.98. The van der Waals surface area contributed by atoms with E-state index in [0.717, 1.165) is 0 Å². The van der Waals surface area contributed by atoms with Gasteiger partial charge in [-0.2, -0.15) is 0 Å². The Morgan fingerprint density at radius 2 is 2.12 bits per heavy atom. The van der Waals surface area contributed by atoms with Gasteiger partial charge in [0.15, 0.2) is 0 Å². The Balaban J connectivity index is 2.84. The van der Waals surface area contributed by atoms with Gasteiger partial charge in [-0.05, 0) is 6.07 Å². The normalized spacial score (nSPS) is 10.4. The molecule has 1 aromatic heterocycles. The summed E-state index contributed by atoms with van der Waals surface area (Å²) >= 11 is 0. The standard InChI is InChI=1S/C8H12N4O4/c9-8-6(12(15)16)1-2-7(11-8)10-5(3-13)4-14/h1-2,5,13-14H,3-4H2,(H3,9,10,11). The molecule has 1 aromatic rings. The van der Waals surface area contributed by atoms with E-state index in [1.807, 2.05) is 0 Å². The van der Waals surface area contributed by atoms with Gasteiger partial charge >= 0.3 is 5.69 Å². The Hall–Kier alpha value is -1.93. The van der Waals surface area contributed by atoms with Crippen molar-refractivity contribution in [2.45, 2.75) is 6.04 Å². The number of hydrogen-bond acceptors (Lipinski definition) is 7. The molecule has 8 nitrogen and oxygen atoms in total. The number of nitrogens with zero attached hydrogens (tertiary/aromatic N) is 2. The van der Waals surface area contributed by atoms with E-state index in [-0.39, 0.29) is 30.5 Å². The molecule has 0 spiro atoms. The number of nitro groups is 1. The van der Waals surface area contributed by atoms with E-state index >= 15 is 0 Å². The zero-order chi connectivity index (χ0) is 12.1. The van der Waals surface area contributed by atoms with Gasteiger partial charge in [-0.3, -0.25) is 10.1 Å². The fourth-order valence-corrected chi connectivity index (χ4v) is 1.06. The Morgan fingerprint density at radius 3 is 2.56 bits per heavy atom. The number of aromatic nitrogens is 1. The number of rotatable bonds is 5. The average molecular weight is 228 g/mol. The summed E-state index contributed by atoms with van der Waals surface area (Å²) in [6.07, 6.45) is 0. The molecule has 16 heavy (non-hydrogen) atoms. The van der Waals surface area contributed by atoms with Crippen LogP contribution in [0.15, 0.2) is 12.1 Å². The van der Waals surface area contributed by atoms with E-state index in [1.54, 1.807) is 0 Å². The Kier molecular flexibility index (Phi) is 3.97. The number of aliphatic hydroxyl groups is 2. The number of pyridine rings is 1. The maximum absolute atomic E-state index is 10.5. The van der Waals surface area contributed by atoms with E-state index in [9.17, 15) is 10.1 Å². The topological polar surface area (TPSA) is 135 Å². The van der Waals surface area contributed by atoms with Crippen molar-refractivity contribution < 1.29 is 15.1 Å². The lowest BCUT2D eigenvalue weighted by Gasteiger charge is -2.13. The second-order valence-corrected chi connectivity index (χ2v) is 3.06. The molecule has 0 radical (unpaired) electrons. The van der Waals surface area contributed by atoms with Gasteiger partial charge < -0.3 is 21.3 Å². The summed E-state index contributed by atoms with van der Waals surface area (Å²) in [4.78, 5) is 13.5. The minimum absolute atomic E-state index is 0.218. The first-order chi connectivity index (χ1) is 7.58. The summed E-state index contributed by atoms with van der Waals surface area (Å²) in [7, 11) is 0. The van der Waals surface area contributed by atoms with Crippen LogP contribution in [0.2, 0.25) is 0 Å². The zero-order valence-electron chi connectivity index (χ0n) is 8.33. The van der Waals surface area contributed by atoms with Crippen molar-refractivity contribution in [2.75, 3.05) is 24.3 Å². The number of nitrogen functional groups attached to an aromatic ring is 1. The highest BCUT2D eigenvalue weighted by Crippen LogP contribution is 2.20. The summed E-state index contributed by atoms with van der Waals surface area (Å²) in [5.74, 6) is 0.0424. The number of anilines is 2. The van der Waals surface area contributed by atoms with E-state index in [0.29, 0.717) is 0 Å². The first kappa shape index (κ1) is 12.1. The Bertz CT molecular complexity index is 380. The quantitative estimate of drug-likeness (QED) is 0.388. The molecule has 0 aromatic carbocycles. The molecule has 0 aliphatic heterocycles. The highest BCUT2D eigenvalue weighted by atomic mass is 16.6. The van der Waals surface area contributed by atoms with Crippen LogP contribution in [-0.2, 0) is 0 Å². The molecule has 0 aliphatic rings. The van der Waals surface area contributed by atoms with Gasteiger partial charge in [0.1, 0.15) is 5.82 Å². The number of nitrogens with two attached hydrogens (primary N) is 1. The Labute approximate surface area is 90.9 Å². The van der Waals surface area contributed by atoms with Crippen LogP contribution in [0.3, 0.4) is 0 Å². The number of hydrogen-bond donors (Lipinski definition) is 4. The first-order valence-corrected chi connectivity index (χ1v) is 4.47. The third-order valence-electron chi connectivity index (χ3n) is 1.89. The lowest BCUT2D eigenvalue weighted by atomic mass is 10.3. The summed E-state index contributed by atoms with van der Waals surface area (Å²) in [6.45, 7) is -0.565. The van der Waals surface area contributed by atoms with Crippen LogP contribution in [-0.4, -0.2) is 39.4 Å². The van der Waals surface area contributed by atoms with Crippen molar-refractivity contribution in [1.82, 2.24) is 4.98 Å². The van der Waals surface area contributed by atoms with Crippen molar-refractivity contribution in [3.05, 3.63) is 22.2 Å². The van der Waals surface area contributed by atoms with Gasteiger partial charge in [0, 0.05) is 6.07 Å². The lowest BCUT2D eigenvalue weighted by molar-refractivity contribution is -0.384. The van der Waals surface area contributed by atoms with Gasteiger partial charge in [0.05, 0.1) is 24.2 Å². The van der Waals surface area contributed by atoms with Crippen molar-refractivity contribution in [2.24, 2.45) is 0 Å². The van der Waals surface area contributed by atoms with Crippen molar-refractivity contribution in [1.29, 1.82) is 0 Å². The summed E-state index contributed by atoms with van der Waals surface area (Å²) in [5.41, 5.74) is 5.08. The molecule has 0 amide bonds. The van der Waals surface area contributed by atoms with Crippen molar-refractivity contribution in [3.63, 3.8) is 0 Å². The van der Waals surface area contributed by atoms with Gasteiger partial charge in [0.25, 0.3) is 0 Å². The SMILES string of the molecule is Nc1nc(NC(CO)CO)ccc1[N+](=O)[O-]. The average Bonchev–Trinajstić information content (AvgIpc) is 2.25. The van der Waals surface area contributed by atoms with Crippen LogP contribution < -0.4 is 11.1 Å². The van der Waals surface area contributed by atoms with Crippen molar-refractivity contribution >= 4 is 17.3 Å². The fourth-order valence-electron chi connectivity index (χ4n) is 1.06. The second-order valence-electron chi connectivity index (χ2n) is 3.06. The van der Waals surface area contributed by atoms with E-state index in [1.165, 1.54) is 12.1 Å². The van der Waals surface area contributed by atoms with Crippen LogP contribution in [0.5, 0.6) is 0 Å². The van der Waals surface area contributed by atoms with Crippen LogP contribution in [0, 0.1) is 10.1 Å². The molecule has 0 bridgehead atoms. The first-order valence-electron chi connectivity index (χ1n) is 4.47. The minimum Gasteiger partial charge on any atom is -0.394 e. The largest absolute Gasteiger partial charge is 0.394 e. The van der Waals surface area contributed by atoms with Crippen molar-refractivity contribution in [3.8, 4) is 0 Å². The molecule has 88 valence electrons. The van der Waals surface area contributed by atoms with E-state index in [2.05, 4.69) is 10.3 Å². The molecule has 1 rings (SSSR count). The highest BCUT2D eigenvalue weighted by Gasteiger charge is 2.14. The van der Waals surface area contributed by atoms with Gasteiger partial charge in [-0.25, -0.2) is 4.98 Å². The molecule has 0 saturated carbocycles. The maximum atomic E-state index is 10.5. The van der Waals surface area contributed by atoms with Gasteiger partial charge in [-0.15, -0.1) is 0 Å². The van der Waals surface area contributed by atoms with Gasteiger partial charge in [0.2, 0.25) is 5.82 Å². The molecule has 0 aliphatic carbocycles. The van der Waals surface area contributed by atoms with Crippen LogP contribution in [0.4, 0.5) is 17.3 Å². The number of nitrogens with one attached hydrogen (secondary N) is 1. The third kappa shape index (κ3) is 2.78. The molecular formula is C8H12N4O4. The molecule has 0 atom stereocenters. The van der Waals surface area contributed by atoms with Gasteiger partial charge in [-0.1, -0.05) is 0 Å². The summed E-state index contributed by atoms with van der Waals surface area (Å²) in [5, 5.41) is 30.7. The molecule has 1 heterocycles. The lowest BCUT2D eigenvalue weighted by Crippen LogP contribution is -2.28. The number of aliphatic hydroxyl groups excluding tert-OH is 2. The molecule has 5 N–H and O–H groups in total. The second kappa shape index (κ2) is 5.24. The minimum atomic E-state index is -0.637. The zero-order valence-corrected chi connectivity index (χ0v) is 8.33. The predicted molar refractivity (Wildman–Crippen MR) is 56.9 cm³/mol.